The molecule has 6 aromatic carbocycles. The average Bonchev–Trinajstić information content (AvgIpc) is 3.37. The monoisotopic (exact) mass is 536 g/mol. The Morgan fingerprint density at radius 3 is 1.93 bits per heavy atom. The zero-order chi connectivity index (χ0) is 28.0. The van der Waals surface area contributed by atoms with Crippen molar-refractivity contribution < 1.29 is 0 Å². The van der Waals surface area contributed by atoms with Gasteiger partial charge in [0.1, 0.15) is 0 Å². The molecule has 3 heterocycles. The maximum atomic E-state index is 2.54. The second-order valence-corrected chi connectivity index (χ2v) is 12.2. The molecule has 2 aliphatic rings. The lowest BCUT2D eigenvalue weighted by atomic mass is 9.34. The van der Waals surface area contributed by atoms with Gasteiger partial charge in [0, 0.05) is 33.2 Å². The Hall–Kier alpha value is -5.02. The third-order valence-corrected chi connectivity index (χ3v) is 9.63. The van der Waals surface area contributed by atoms with Gasteiger partial charge in [0.2, 0.25) is 6.71 Å². The minimum Gasteiger partial charge on any atom is -0.311 e. The van der Waals surface area contributed by atoms with Crippen molar-refractivity contribution in [2.24, 2.45) is 0 Å². The van der Waals surface area contributed by atoms with Gasteiger partial charge < -0.3 is 9.47 Å². The van der Waals surface area contributed by atoms with Crippen molar-refractivity contribution in [1.82, 2.24) is 4.57 Å². The molecule has 0 bridgehead atoms. The summed E-state index contributed by atoms with van der Waals surface area (Å²) in [6, 6.07) is 51.5. The Bertz CT molecular complexity index is 2140. The van der Waals surface area contributed by atoms with Crippen molar-refractivity contribution in [3.05, 3.63) is 151 Å². The molecule has 0 saturated carbocycles. The fraction of sp³-hybridized carbons (Fsp3) is 0.0769. The molecule has 3 heteroatoms. The summed E-state index contributed by atoms with van der Waals surface area (Å²) < 4.78 is 2.43. The van der Waals surface area contributed by atoms with Gasteiger partial charge in [-0.15, -0.1) is 0 Å². The highest BCUT2D eigenvalue weighted by molar-refractivity contribution is 6.98. The van der Waals surface area contributed by atoms with E-state index < -0.39 is 0 Å². The Kier molecular flexibility index (Phi) is 4.79. The van der Waals surface area contributed by atoms with Gasteiger partial charge in [0.25, 0.3) is 0 Å². The molecule has 9 rings (SSSR count). The molecular weight excluding hydrogens is 507 g/mol. The van der Waals surface area contributed by atoms with Crippen LogP contribution in [0.1, 0.15) is 25.0 Å². The van der Waals surface area contributed by atoms with E-state index in [4.69, 9.17) is 0 Å². The molecular formula is C39H29BN2. The van der Waals surface area contributed by atoms with E-state index in [1.54, 1.807) is 0 Å². The first kappa shape index (κ1) is 23.7. The lowest BCUT2D eigenvalue weighted by Crippen LogP contribution is -2.58. The highest BCUT2D eigenvalue weighted by Crippen LogP contribution is 2.52. The van der Waals surface area contributed by atoms with Crippen molar-refractivity contribution >= 4 is 62.0 Å². The molecule has 198 valence electrons. The van der Waals surface area contributed by atoms with Gasteiger partial charge in [0.15, 0.2) is 0 Å². The number of fused-ring (bicyclic) bond motifs is 7. The summed E-state index contributed by atoms with van der Waals surface area (Å²) in [5.74, 6) is 0. The summed E-state index contributed by atoms with van der Waals surface area (Å²) in [6.45, 7) is 4.99. The average molecular weight is 536 g/mol. The normalized spacial score (nSPS) is 14.5. The summed E-state index contributed by atoms with van der Waals surface area (Å²) in [5.41, 5.74) is 14.2. The van der Waals surface area contributed by atoms with Gasteiger partial charge in [0.05, 0.1) is 16.7 Å². The number of benzene rings is 6. The van der Waals surface area contributed by atoms with E-state index in [-0.39, 0.29) is 12.1 Å². The predicted molar refractivity (Wildman–Crippen MR) is 179 cm³/mol. The zero-order valence-corrected chi connectivity index (χ0v) is 23.8. The summed E-state index contributed by atoms with van der Waals surface area (Å²) in [7, 11) is 0. The van der Waals surface area contributed by atoms with Crippen molar-refractivity contribution in [3.8, 4) is 5.69 Å². The maximum absolute atomic E-state index is 2.54. The number of para-hydroxylation sites is 4. The van der Waals surface area contributed by atoms with Crippen LogP contribution in [-0.2, 0) is 5.41 Å². The molecule has 0 spiro atoms. The molecule has 2 nitrogen and oxygen atoms in total. The van der Waals surface area contributed by atoms with Crippen molar-refractivity contribution in [2.45, 2.75) is 19.3 Å². The molecule has 0 amide bonds. The molecule has 0 saturated heterocycles. The molecule has 0 unspecified atom stereocenters. The van der Waals surface area contributed by atoms with Crippen LogP contribution in [-0.4, -0.2) is 11.3 Å². The van der Waals surface area contributed by atoms with Crippen LogP contribution in [0.3, 0.4) is 0 Å². The van der Waals surface area contributed by atoms with Gasteiger partial charge in [-0.25, -0.2) is 0 Å². The van der Waals surface area contributed by atoms with E-state index in [2.05, 4.69) is 163 Å². The Morgan fingerprint density at radius 2 is 1.17 bits per heavy atom. The smallest absolute Gasteiger partial charge is 0.246 e. The van der Waals surface area contributed by atoms with E-state index in [1.807, 2.05) is 0 Å². The third kappa shape index (κ3) is 3.06. The van der Waals surface area contributed by atoms with Crippen molar-refractivity contribution in [3.63, 3.8) is 0 Å². The third-order valence-electron chi connectivity index (χ3n) is 9.63. The number of anilines is 3. The van der Waals surface area contributed by atoms with Crippen LogP contribution in [0.4, 0.5) is 17.1 Å². The minimum absolute atomic E-state index is 0.181. The second-order valence-electron chi connectivity index (χ2n) is 12.2. The van der Waals surface area contributed by atoms with E-state index in [0.717, 1.165) is 0 Å². The van der Waals surface area contributed by atoms with E-state index in [9.17, 15) is 0 Å². The number of hydrogen-bond acceptors (Lipinski definition) is 1. The fourth-order valence-electron chi connectivity index (χ4n) is 7.73. The van der Waals surface area contributed by atoms with Gasteiger partial charge in [-0.1, -0.05) is 122 Å². The van der Waals surface area contributed by atoms with Gasteiger partial charge >= 0.3 is 0 Å². The quantitative estimate of drug-likeness (QED) is 0.205. The van der Waals surface area contributed by atoms with Crippen molar-refractivity contribution in [1.29, 1.82) is 0 Å². The lowest BCUT2D eigenvalue weighted by Gasteiger charge is -2.47. The first-order valence-electron chi connectivity index (χ1n) is 14.8. The lowest BCUT2D eigenvalue weighted by molar-refractivity contribution is 0.632. The van der Waals surface area contributed by atoms with Crippen LogP contribution in [0.5, 0.6) is 0 Å². The van der Waals surface area contributed by atoms with Crippen LogP contribution in [0.2, 0.25) is 0 Å². The summed E-state index contributed by atoms with van der Waals surface area (Å²) in [5, 5.41) is 2.58. The van der Waals surface area contributed by atoms with Crippen LogP contribution < -0.4 is 21.3 Å². The molecule has 0 atom stereocenters. The van der Waals surface area contributed by atoms with E-state index in [0.29, 0.717) is 0 Å². The predicted octanol–water partition coefficient (Wildman–Crippen LogP) is 7.72. The fourth-order valence-corrected chi connectivity index (χ4v) is 7.73. The van der Waals surface area contributed by atoms with Gasteiger partial charge in [-0.2, -0.15) is 0 Å². The van der Waals surface area contributed by atoms with Crippen LogP contribution in [0.15, 0.2) is 140 Å². The largest absolute Gasteiger partial charge is 0.311 e. The molecule has 0 aliphatic carbocycles. The molecule has 0 radical (unpaired) electrons. The topological polar surface area (TPSA) is 8.17 Å². The molecule has 2 aliphatic heterocycles. The number of aromatic nitrogens is 1. The SMILES string of the molecule is CC1(C)c2cc(-n3c4ccccc4c4ccccc43)ccc2N2c3ccccc3B(c3ccccc3)c3cccc1c32. The molecule has 7 aromatic rings. The number of rotatable bonds is 2. The highest BCUT2D eigenvalue weighted by atomic mass is 15.2. The molecule has 1 aromatic heterocycles. The standard InChI is InChI=1S/C39H29BN2/c1-39(2)30-17-12-19-33-38(30)42(37-22-11-8-18-32(37)40(33)26-13-4-3-5-14-26)36-24-23-27(25-31(36)39)41-34-20-9-6-15-28(34)29-16-7-10-21-35(29)41/h3-25H,1-2H3. The Labute approximate surface area is 246 Å². The van der Waals surface area contributed by atoms with E-state index >= 15 is 0 Å². The summed E-state index contributed by atoms with van der Waals surface area (Å²) in [4.78, 5) is 2.54. The van der Waals surface area contributed by atoms with Crippen LogP contribution in [0, 0.1) is 0 Å². The number of nitrogens with zero attached hydrogens (tertiary/aromatic N) is 2. The van der Waals surface area contributed by atoms with Crippen LogP contribution >= 0.6 is 0 Å². The van der Waals surface area contributed by atoms with Gasteiger partial charge in [-0.05, 0) is 58.5 Å². The van der Waals surface area contributed by atoms with Crippen LogP contribution in [0.25, 0.3) is 27.5 Å². The summed E-state index contributed by atoms with van der Waals surface area (Å²) >= 11 is 0. The van der Waals surface area contributed by atoms with Gasteiger partial charge in [-0.3, -0.25) is 0 Å². The van der Waals surface area contributed by atoms with E-state index in [1.165, 1.54) is 72.1 Å². The molecule has 0 N–H and O–H groups in total. The molecule has 42 heavy (non-hydrogen) atoms. The van der Waals surface area contributed by atoms with Crippen molar-refractivity contribution in [2.75, 3.05) is 4.90 Å². The highest BCUT2D eigenvalue weighted by Gasteiger charge is 2.44. The minimum atomic E-state index is -0.181. The number of hydrogen-bond donors (Lipinski definition) is 0. The maximum Gasteiger partial charge on any atom is 0.246 e. The first-order valence-corrected chi connectivity index (χ1v) is 14.8. The Morgan fingerprint density at radius 1 is 0.524 bits per heavy atom. The second kappa shape index (κ2) is 8.50. The molecule has 0 fully saturated rings. The summed E-state index contributed by atoms with van der Waals surface area (Å²) in [6.07, 6.45) is 0. The Balaban J connectivity index is 1.32. The zero-order valence-electron chi connectivity index (χ0n) is 23.8. The first-order chi connectivity index (χ1) is 20.6.